The van der Waals surface area contributed by atoms with E-state index in [9.17, 15) is 18.3 Å². The third-order valence-electron chi connectivity index (χ3n) is 3.41. The van der Waals surface area contributed by atoms with E-state index in [4.69, 9.17) is 0 Å². The molecule has 0 saturated heterocycles. The monoisotopic (exact) mass is 280 g/mol. The Kier molecular flexibility index (Phi) is 3.86. The summed E-state index contributed by atoms with van der Waals surface area (Å²) in [6, 6.07) is 10.3. The maximum atomic E-state index is 13.0. The van der Waals surface area contributed by atoms with E-state index in [1.54, 1.807) is 18.2 Å². The lowest BCUT2D eigenvalue weighted by molar-refractivity contribution is -0.139. The van der Waals surface area contributed by atoms with E-state index >= 15 is 0 Å². The van der Waals surface area contributed by atoms with Crippen molar-refractivity contribution in [2.75, 3.05) is 0 Å². The molecule has 0 spiro atoms. The third-order valence-corrected chi connectivity index (χ3v) is 3.41. The van der Waals surface area contributed by atoms with E-state index in [-0.39, 0.29) is 5.56 Å². The average molecular weight is 280 g/mol. The molecule has 2 rings (SSSR count). The molecular formula is C16H15F3O. The molecule has 1 unspecified atom stereocenters. The molecule has 1 atom stereocenters. The van der Waals surface area contributed by atoms with Gasteiger partial charge in [-0.25, -0.2) is 0 Å². The Bertz CT molecular complexity index is 617. The van der Waals surface area contributed by atoms with Crippen LogP contribution < -0.4 is 0 Å². The van der Waals surface area contributed by atoms with Crippen LogP contribution in [0.4, 0.5) is 13.2 Å². The highest BCUT2D eigenvalue weighted by atomic mass is 19.4. The van der Waals surface area contributed by atoms with Crippen LogP contribution in [0.2, 0.25) is 0 Å². The third kappa shape index (κ3) is 2.85. The summed E-state index contributed by atoms with van der Waals surface area (Å²) >= 11 is 0. The summed E-state index contributed by atoms with van der Waals surface area (Å²) < 4.78 is 38.9. The van der Waals surface area contributed by atoms with Gasteiger partial charge < -0.3 is 5.11 Å². The van der Waals surface area contributed by atoms with Gasteiger partial charge >= 0.3 is 6.18 Å². The zero-order chi connectivity index (χ0) is 14.9. The molecule has 106 valence electrons. The summed E-state index contributed by atoms with van der Waals surface area (Å²) in [5, 5.41) is 10.3. The van der Waals surface area contributed by atoms with Crippen molar-refractivity contribution in [3.63, 3.8) is 0 Å². The number of aliphatic hydroxyl groups is 1. The molecule has 1 nitrogen and oxygen atoms in total. The van der Waals surface area contributed by atoms with Gasteiger partial charge in [0.25, 0.3) is 0 Å². The first-order valence-corrected chi connectivity index (χ1v) is 6.22. The van der Waals surface area contributed by atoms with Crippen LogP contribution in [0.25, 0.3) is 0 Å². The van der Waals surface area contributed by atoms with Gasteiger partial charge in [-0.1, -0.05) is 36.4 Å². The zero-order valence-electron chi connectivity index (χ0n) is 11.2. The van der Waals surface area contributed by atoms with Crippen molar-refractivity contribution in [3.05, 3.63) is 70.3 Å². The molecule has 2 aromatic rings. The molecule has 0 bridgehead atoms. The van der Waals surface area contributed by atoms with Crippen molar-refractivity contribution in [3.8, 4) is 0 Å². The highest BCUT2D eigenvalue weighted by molar-refractivity contribution is 5.40. The Hall–Kier alpha value is -1.81. The second kappa shape index (κ2) is 5.29. The number of halogens is 3. The first-order valence-electron chi connectivity index (χ1n) is 6.22. The highest BCUT2D eigenvalue weighted by Gasteiger charge is 2.34. The predicted octanol–water partition coefficient (Wildman–Crippen LogP) is 4.40. The van der Waals surface area contributed by atoms with Crippen LogP contribution in [0.15, 0.2) is 42.5 Å². The maximum absolute atomic E-state index is 13.0. The van der Waals surface area contributed by atoms with Gasteiger partial charge in [-0.3, -0.25) is 0 Å². The standard InChI is InChI=1S/C16H15F3O/c1-10-7-8-12(9-11(10)2)15(20)13-5-3-4-6-14(13)16(17,18)19/h3-9,15,20H,1-2H3. The SMILES string of the molecule is Cc1ccc(C(O)c2ccccc2C(F)(F)F)cc1C. The number of aliphatic hydroxyl groups excluding tert-OH is 1. The molecule has 4 heteroatoms. The molecule has 0 amide bonds. The molecule has 2 aromatic carbocycles. The van der Waals surface area contributed by atoms with Crippen LogP contribution >= 0.6 is 0 Å². The number of hydrogen-bond donors (Lipinski definition) is 1. The minimum absolute atomic E-state index is 0.122. The molecular weight excluding hydrogens is 265 g/mol. The van der Waals surface area contributed by atoms with Crippen molar-refractivity contribution in [2.45, 2.75) is 26.1 Å². The van der Waals surface area contributed by atoms with Gasteiger partial charge in [0.05, 0.1) is 5.56 Å². The second-order valence-electron chi connectivity index (χ2n) is 4.83. The van der Waals surface area contributed by atoms with Gasteiger partial charge in [0.1, 0.15) is 6.10 Å². The summed E-state index contributed by atoms with van der Waals surface area (Å²) in [6.07, 6.45) is -5.76. The Morgan fingerprint density at radius 1 is 0.950 bits per heavy atom. The van der Waals surface area contributed by atoms with Gasteiger partial charge in [0.2, 0.25) is 0 Å². The Labute approximate surface area is 115 Å². The summed E-state index contributed by atoms with van der Waals surface area (Å²) in [4.78, 5) is 0. The molecule has 0 aliphatic rings. The molecule has 0 aliphatic carbocycles. The van der Waals surface area contributed by atoms with Crippen LogP contribution in [0.5, 0.6) is 0 Å². The minimum atomic E-state index is -4.47. The lowest BCUT2D eigenvalue weighted by Gasteiger charge is -2.18. The number of benzene rings is 2. The summed E-state index contributed by atoms with van der Waals surface area (Å²) in [5.41, 5.74) is 1.51. The van der Waals surface area contributed by atoms with Crippen LogP contribution in [-0.4, -0.2) is 5.11 Å². The summed E-state index contributed by atoms with van der Waals surface area (Å²) in [7, 11) is 0. The quantitative estimate of drug-likeness (QED) is 0.864. The van der Waals surface area contributed by atoms with E-state index in [1.807, 2.05) is 13.8 Å². The summed E-state index contributed by atoms with van der Waals surface area (Å²) in [5.74, 6) is 0. The normalized spacial score (nSPS) is 13.3. The van der Waals surface area contributed by atoms with Crippen molar-refractivity contribution in [1.82, 2.24) is 0 Å². The summed E-state index contributed by atoms with van der Waals surface area (Å²) in [6.45, 7) is 3.77. The van der Waals surface area contributed by atoms with E-state index in [1.165, 1.54) is 18.2 Å². The van der Waals surface area contributed by atoms with Crippen molar-refractivity contribution in [2.24, 2.45) is 0 Å². The van der Waals surface area contributed by atoms with Crippen molar-refractivity contribution >= 4 is 0 Å². The van der Waals surface area contributed by atoms with E-state index < -0.39 is 17.8 Å². The van der Waals surface area contributed by atoms with Crippen LogP contribution in [0, 0.1) is 13.8 Å². The molecule has 0 aromatic heterocycles. The number of alkyl halides is 3. The van der Waals surface area contributed by atoms with Crippen LogP contribution in [0.3, 0.4) is 0 Å². The number of aryl methyl sites for hydroxylation is 2. The first-order chi connectivity index (χ1) is 9.30. The van der Waals surface area contributed by atoms with Crippen molar-refractivity contribution in [1.29, 1.82) is 0 Å². The molecule has 0 radical (unpaired) electrons. The van der Waals surface area contributed by atoms with Gasteiger partial charge in [0, 0.05) is 0 Å². The molecule has 1 N–H and O–H groups in total. The minimum Gasteiger partial charge on any atom is -0.384 e. The lowest BCUT2D eigenvalue weighted by Crippen LogP contribution is -2.12. The van der Waals surface area contributed by atoms with E-state index in [2.05, 4.69) is 0 Å². The Balaban J connectivity index is 2.48. The molecule has 0 aliphatic heterocycles. The van der Waals surface area contributed by atoms with E-state index in [0.29, 0.717) is 5.56 Å². The molecule has 20 heavy (non-hydrogen) atoms. The average Bonchev–Trinajstić information content (AvgIpc) is 2.40. The highest BCUT2D eigenvalue weighted by Crippen LogP contribution is 2.36. The van der Waals surface area contributed by atoms with Gasteiger partial charge in [-0.05, 0) is 42.2 Å². The fourth-order valence-electron chi connectivity index (χ4n) is 2.11. The lowest BCUT2D eigenvalue weighted by atomic mass is 9.94. The van der Waals surface area contributed by atoms with Gasteiger partial charge in [-0.15, -0.1) is 0 Å². The number of rotatable bonds is 2. The van der Waals surface area contributed by atoms with E-state index in [0.717, 1.165) is 17.2 Å². The smallest absolute Gasteiger partial charge is 0.384 e. The Morgan fingerprint density at radius 2 is 1.60 bits per heavy atom. The van der Waals surface area contributed by atoms with Gasteiger partial charge in [-0.2, -0.15) is 13.2 Å². The zero-order valence-corrected chi connectivity index (χ0v) is 11.2. The Morgan fingerprint density at radius 3 is 2.20 bits per heavy atom. The fraction of sp³-hybridized carbons (Fsp3) is 0.250. The maximum Gasteiger partial charge on any atom is 0.416 e. The topological polar surface area (TPSA) is 20.2 Å². The molecule has 0 saturated carbocycles. The number of hydrogen-bond acceptors (Lipinski definition) is 1. The predicted molar refractivity (Wildman–Crippen MR) is 71.4 cm³/mol. The van der Waals surface area contributed by atoms with Crippen LogP contribution in [-0.2, 0) is 6.18 Å². The first kappa shape index (κ1) is 14.6. The van der Waals surface area contributed by atoms with Gasteiger partial charge in [0.15, 0.2) is 0 Å². The fourth-order valence-corrected chi connectivity index (χ4v) is 2.11. The molecule has 0 heterocycles. The van der Waals surface area contributed by atoms with Crippen LogP contribution in [0.1, 0.15) is 33.9 Å². The molecule has 0 fully saturated rings. The largest absolute Gasteiger partial charge is 0.416 e. The second-order valence-corrected chi connectivity index (χ2v) is 4.83. The van der Waals surface area contributed by atoms with Crippen molar-refractivity contribution < 1.29 is 18.3 Å².